The van der Waals surface area contributed by atoms with Gasteiger partial charge in [-0.15, -0.1) is 0 Å². The molecule has 6 heteroatoms. The van der Waals surface area contributed by atoms with Gasteiger partial charge in [-0.05, 0) is 51.9 Å². The van der Waals surface area contributed by atoms with Crippen LogP contribution >= 0.6 is 0 Å². The number of guanidine groups is 1. The van der Waals surface area contributed by atoms with Gasteiger partial charge in [0, 0.05) is 33.2 Å². The van der Waals surface area contributed by atoms with Crippen molar-refractivity contribution >= 4 is 12.1 Å². The number of hydrogen-bond acceptors (Lipinski definition) is 3. The number of amides is 1. The number of alkyl carbamates (subject to hydrolysis) is 1. The van der Waals surface area contributed by atoms with Gasteiger partial charge in [-0.25, -0.2) is 4.79 Å². The van der Waals surface area contributed by atoms with E-state index >= 15 is 0 Å². The minimum atomic E-state index is -0.448. The molecular weight excluding hydrogens is 304 g/mol. The lowest BCUT2D eigenvalue weighted by Crippen LogP contribution is -2.42. The van der Waals surface area contributed by atoms with E-state index in [2.05, 4.69) is 20.5 Å². The van der Waals surface area contributed by atoms with Gasteiger partial charge in [0.05, 0.1) is 0 Å². The molecule has 1 amide bonds. The summed E-state index contributed by atoms with van der Waals surface area (Å²) in [5, 5.41) is 6.21. The normalized spacial score (nSPS) is 20.5. The number of rotatable bonds is 4. The minimum absolute atomic E-state index is 0.352. The summed E-state index contributed by atoms with van der Waals surface area (Å²) in [7, 11) is 1.85. The Morgan fingerprint density at radius 1 is 1.17 bits per heavy atom. The topological polar surface area (TPSA) is 66.0 Å². The summed E-state index contributed by atoms with van der Waals surface area (Å²) in [4.78, 5) is 18.4. The number of likely N-dealkylation sites (tertiary alicyclic amines) is 1. The van der Waals surface area contributed by atoms with Crippen molar-refractivity contribution in [3.8, 4) is 0 Å². The van der Waals surface area contributed by atoms with Gasteiger partial charge >= 0.3 is 6.09 Å². The lowest BCUT2D eigenvalue weighted by Gasteiger charge is -2.26. The Bertz CT molecular complexity index is 450. The van der Waals surface area contributed by atoms with Crippen molar-refractivity contribution in [1.29, 1.82) is 0 Å². The van der Waals surface area contributed by atoms with Gasteiger partial charge in [-0.3, -0.25) is 4.99 Å². The van der Waals surface area contributed by atoms with Crippen LogP contribution in [0.2, 0.25) is 0 Å². The molecule has 2 N–H and O–H groups in total. The van der Waals surface area contributed by atoms with Crippen LogP contribution in [0.25, 0.3) is 0 Å². The zero-order chi connectivity index (χ0) is 17.6. The Morgan fingerprint density at radius 2 is 1.83 bits per heavy atom. The molecule has 2 rings (SSSR count). The van der Waals surface area contributed by atoms with Crippen LogP contribution in [0.5, 0.6) is 0 Å². The largest absolute Gasteiger partial charge is 0.444 e. The lowest BCUT2D eigenvalue weighted by atomic mass is 9.86. The SMILES string of the molecule is CN=C(NCCCNC(=O)OC(C)(C)C)N1CCC2(CCCC2)C1. The third-order valence-electron chi connectivity index (χ3n) is 4.92. The highest BCUT2D eigenvalue weighted by atomic mass is 16.6. The van der Waals surface area contributed by atoms with E-state index < -0.39 is 5.60 Å². The van der Waals surface area contributed by atoms with Crippen LogP contribution < -0.4 is 10.6 Å². The van der Waals surface area contributed by atoms with Crippen molar-refractivity contribution in [2.45, 2.75) is 64.9 Å². The number of ether oxygens (including phenoxy) is 1. The fraction of sp³-hybridized carbons (Fsp3) is 0.889. The molecule has 0 aromatic heterocycles. The molecular formula is C18H34N4O2. The molecule has 0 atom stereocenters. The molecule has 6 nitrogen and oxygen atoms in total. The van der Waals surface area contributed by atoms with Crippen molar-refractivity contribution in [3.63, 3.8) is 0 Å². The predicted octanol–water partition coefficient (Wildman–Crippen LogP) is 2.74. The molecule has 1 aliphatic heterocycles. The van der Waals surface area contributed by atoms with E-state index in [1.165, 1.54) is 32.1 Å². The van der Waals surface area contributed by atoms with E-state index in [9.17, 15) is 4.79 Å². The van der Waals surface area contributed by atoms with Crippen molar-refractivity contribution in [2.24, 2.45) is 10.4 Å². The minimum Gasteiger partial charge on any atom is -0.444 e. The van der Waals surface area contributed by atoms with Crippen LogP contribution in [0.4, 0.5) is 4.79 Å². The third kappa shape index (κ3) is 5.56. The van der Waals surface area contributed by atoms with E-state index in [-0.39, 0.29) is 6.09 Å². The predicted molar refractivity (Wildman–Crippen MR) is 97.3 cm³/mol. The molecule has 0 bridgehead atoms. The standard InChI is InChI=1S/C18H34N4O2/c1-17(2,3)24-16(23)21-12-7-11-20-15(19-4)22-13-10-18(14-22)8-5-6-9-18/h5-14H2,1-4H3,(H,19,20)(H,21,23). The van der Waals surface area contributed by atoms with Gasteiger partial charge in [0.15, 0.2) is 5.96 Å². The zero-order valence-electron chi connectivity index (χ0n) is 15.8. The Balaban J connectivity index is 1.63. The fourth-order valence-electron chi connectivity index (χ4n) is 3.77. The second-order valence-corrected chi connectivity index (χ2v) is 8.13. The van der Waals surface area contributed by atoms with E-state index in [1.54, 1.807) is 0 Å². The van der Waals surface area contributed by atoms with Crippen molar-refractivity contribution in [3.05, 3.63) is 0 Å². The molecule has 2 fully saturated rings. The van der Waals surface area contributed by atoms with E-state index in [0.717, 1.165) is 32.0 Å². The van der Waals surface area contributed by atoms with Gasteiger partial charge in [-0.2, -0.15) is 0 Å². The van der Waals surface area contributed by atoms with Crippen molar-refractivity contribution < 1.29 is 9.53 Å². The number of nitrogens with one attached hydrogen (secondary N) is 2. The van der Waals surface area contributed by atoms with Crippen molar-refractivity contribution in [1.82, 2.24) is 15.5 Å². The van der Waals surface area contributed by atoms with Crippen LogP contribution in [0.3, 0.4) is 0 Å². The van der Waals surface area contributed by atoms with E-state index in [1.807, 2.05) is 27.8 Å². The number of carbonyl (C=O) groups excluding carboxylic acids is 1. The molecule has 2 aliphatic rings. The first-order chi connectivity index (χ1) is 11.3. The number of carbonyl (C=O) groups is 1. The summed E-state index contributed by atoms with van der Waals surface area (Å²) in [5.74, 6) is 0.996. The maximum Gasteiger partial charge on any atom is 0.407 e. The van der Waals surface area contributed by atoms with Crippen LogP contribution in [-0.2, 0) is 4.74 Å². The second kappa shape index (κ2) is 8.08. The first-order valence-corrected chi connectivity index (χ1v) is 9.26. The smallest absolute Gasteiger partial charge is 0.407 e. The molecule has 1 heterocycles. The average molecular weight is 338 g/mol. The lowest BCUT2D eigenvalue weighted by molar-refractivity contribution is 0.0527. The molecule has 0 radical (unpaired) electrons. The molecule has 1 aliphatic carbocycles. The van der Waals surface area contributed by atoms with Gasteiger partial charge in [0.25, 0.3) is 0 Å². The summed E-state index contributed by atoms with van der Waals surface area (Å²) in [6.07, 6.45) is 7.31. The Morgan fingerprint density at radius 3 is 2.46 bits per heavy atom. The number of hydrogen-bond donors (Lipinski definition) is 2. The van der Waals surface area contributed by atoms with Crippen LogP contribution in [-0.4, -0.2) is 55.8 Å². The Labute approximate surface area is 146 Å². The van der Waals surface area contributed by atoms with Gasteiger partial charge in [-0.1, -0.05) is 12.8 Å². The summed E-state index contributed by atoms with van der Waals surface area (Å²) in [6.45, 7) is 9.25. The summed E-state index contributed by atoms with van der Waals surface area (Å²) in [5.41, 5.74) is 0.103. The summed E-state index contributed by atoms with van der Waals surface area (Å²) < 4.78 is 5.22. The Kier molecular flexibility index (Phi) is 6.35. The van der Waals surface area contributed by atoms with E-state index in [4.69, 9.17) is 4.74 Å². The van der Waals surface area contributed by atoms with Crippen molar-refractivity contribution in [2.75, 3.05) is 33.2 Å². The quantitative estimate of drug-likeness (QED) is 0.470. The molecule has 0 aromatic rings. The summed E-state index contributed by atoms with van der Waals surface area (Å²) in [6, 6.07) is 0. The highest BCUT2D eigenvalue weighted by Gasteiger charge is 2.40. The average Bonchev–Trinajstić information content (AvgIpc) is 3.12. The van der Waals surface area contributed by atoms with Gasteiger partial charge in [0.2, 0.25) is 0 Å². The molecule has 24 heavy (non-hydrogen) atoms. The van der Waals surface area contributed by atoms with Crippen LogP contribution in [0.15, 0.2) is 4.99 Å². The maximum absolute atomic E-state index is 11.6. The first kappa shape index (κ1) is 18.9. The van der Waals surface area contributed by atoms with Gasteiger partial charge in [0.1, 0.15) is 5.60 Å². The molecule has 1 saturated heterocycles. The molecule has 1 saturated carbocycles. The monoisotopic (exact) mass is 338 g/mol. The third-order valence-corrected chi connectivity index (χ3v) is 4.92. The Hall–Kier alpha value is -1.46. The molecule has 138 valence electrons. The van der Waals surface area contributed by atoms with E-state index in [0.29, 0.717) is 12.0 Å². The molecule has 1 spiro atoms. The van der Waals surface area contributed by atoms with Gasteiger partial charge < -0.3 is 20.3 Å². The fourth-order valence-corrected chi connectivity index (χ4v) is 3.77. The first-order valence-electron chi connectivity index (χ1n) is 9.26. The number of aliphatic imine (C=N–C) groups is 1. The van der Waals surface area contributed by atoms with Crippen LogP contribution in [0, 0.1) is 5.41 Å². The highest BCUT2D eigenvalue weighted by Crippen LogP contribution is 2.45. The second-order valence-electron chi connectivity index (χ2n) is 8.13. The van der Waals surface area contributed by atoms with Crippen LogP contribution in [0.1, 0.15) is 59.3 Å². The maximum atomic E-state index is 11.6. The highest BCUT2D eigenvalue weighted by molar-refractivity contribution is 5.80. The number of nitrogens with zero attached hydrogens (tertiary/aromatic N) is 2. The summed E-state index contributed by atoms with van der Waals surface area (Å²) >= 11 is 0. The zero-order valence-corrected chi connectivity index (χ0v) is 15.8. The molecule has 0 aromatic carbocycles. The molecule has 0 unspecified atom stereocenters.